The van der Waals surface area contributed by atoms with Crippen molar-refractivity contribution in [1.82, 2.24) is 0 Å². The van der Waals surface area contributed by atoms with Gasteiger partial charge in [-0.2, -0.15) is 0 Å². The van der Waals surface area contributed by atoms with Gasteiger partial charge in [-0.25, -0.2) is 0 Å². The summed E-state index contributed by atoms with van der Waals surface area (Å²) in [6.07, 6.45) is 16.6. The van der Waals surface area contributed by atoms with Gasteiger partial charge in [0.2, 0.25) is 0 Å². The maximum Gasteiger partial charge on any atom is 0.0577 e. The van der Waals surface area contributed by atoms with Crippen molar-refractivity contribution in [3.05, 3.63) is 0 Å². The van der Waals surface area contributed by atoms with Crippen molar-refractivity contribution < 1.29 is 5.11 Å². The number of aliphatic hydroxyl groups is 1. The lowest BCUT2D eigenvalue weighted by Gasteiger charge is -2.62. The van der Waals surface area contributed by atoms with Gasteiger partial charge in [-0.15, -0.1) is 0 Å². The second-order valence-electron chi connectivity index (χ2n) is 12.6. The summed E-state index contributed by atoms with van der Waals surface area (Å²) >= 11 is 0. The van der Waals surface area contributed by atoms with Gasteiger partial charge in [0.05, 0.1) is 6.10 Å². The van der Waals surface area contributed by atoms with Crippen LogP contribution in [-0.2, 0) is 0 Å². The summed E-state index contributed by atoms with van der Waals surface area (Å²) in [7, 11) is 0. The zero-order valence-corrected chi connectivity index (χ0v) is 19.6. The molecule has 0 amide bonds. The molecule has 0 spiro atoms. The molecule has 4 rings (SSSR count). The Morgan fingerprint density at radius 2 is 1.61 bits per heavy atom. The highest BCUT2D eigenvalue weighted by molar-refractivity contribution is 5.11. The minimum Gasteiger partial charge on any atom is -0.393 e. The van der Waals surface area contributed by atoms with E-state index in [2.05, 4.69) is 34.6 Å². The van der Waals surface area contributed by atoms with E-state index in [0.717, 1.165) is 41.9 Å². The van der Waals surface area contributed by atoms with Gasteiger partial charge in [0.15, 0.2) is 0 Å². The van der Waals surface area contributed by atoms with E-state index >= 15 is 0 Å². The average molecular weight is 389 g/mol. The van der Waals surface area contributed by atoms with Crippen LogP contribution >= 0.6 is 0 Å². The molecule has 6 unspecified atom stereocenters. The van der Waals surface area contributed by atoms with Crippen molar-refractivity contribution in [1.29, 1.82) is 0 Å². The third-order valence-electron chi connectivity index (χ3n) is 10.8. The lowest BCUT2D eigenvalue weighted by molar-refractivity contribution is -0.164. The highest BCUT2D eigenvalue weighted by Crippen LogP contribution is 2.68. The molecule has 1 nitrogen and oxygen atoms in total. The van der Waals surface area contributed by atoms with Gasteiger partial charge in [-0.05, 0) is 97.2 Å². The molecule has 0 aromatic heterocycles. The van der Waals surface area contributed by atoms with E-state index < -0.39 is 0 Å². The smallest absolute Gasteiger partial charge is 0.0577 e. The summed E-state index contributed by atoms with van der Waals surface area (Å²) in [4.78, 5) is 0. The first-order chi connectivity index (χ1) is 13.3. The van der Waals surface area contributed by atoms with Crippen molar-refractivity contribution in [2.45, 2.75) is 118 Å². The maximum absolute atomic E-state index is 11.3. The van der Waals surface area contributed by atoms with Gasteiger partial charge in [-0.1, -0.05) is 66.7 Å². The standard InChI is InChI=1S/C27H48O/c1-18(2)9-8-10-19(3)21-12-13-22-25-23(14-16-27(21,22)5)26(4)15-7-6-11-20(26)17-24(25)28/h18-25,28H,6-17H2,1-5H3/t19-,20-,21?,22?,23?,24-,25?,26?,27?/m1/s1. The molecular formula is C27H48O. The minimum absolute atomic E-state index is 0.0132. The van der Waals surface area contributed by atoms with Crippen LogP contribution in [0.25, 0.3) is 0 Å². The van der Waals surface area contributed by atoms with Gasteiger partial charge in [0, 0.05) is 0 Å². The molecule has 1 heteroatoms. The summed E-state index contributed by atoms with van der Waals surface area (Å²) in [5, 5.41) is 11.3. The van der Waals surface area contributed by atoms with E-state index in [1.807, 2.05) is 0 Å². The molecule has 0 aliphatic heterocycles. The van der Waals surface area contributed by atoms with Crippen LogP contribution in [0.4, 0.5) is 0 Å². The molecular weight excluding hydrogens is 340 g/mol. The number of fused-ring (bicyclic) bond motifs is 5. The zero-order chi connectivity index (χ0) is 20.1. The predicted molar refractivity (Wildman–Crippen MR) is 119 cm³/mol. The molecule has 0 radical (unpaired) electrons. The van der Waals surface area contributed by atoms with Crippen LogP contribution in [0.3, 0.4) is 0 Å². The highest BCUT2D eigenvalue weighted by Gasteiger charge is 2.62. The van der Waals surface area contributed by atoms with Gasteiger partial charge in [-0.3, -0.25) is 0 Å². The maximum atomic E-state index is 11.3. The van der Waals surface area contributed by atoms with Gasteiger partial charge >= 0.3 is 0 Å². The first-order valence-corrected chi connectivity index (χ1v) is 13.0. The van der Waals surface area contributed by atoms with E-state index in [0.29, 0.717) is 16.7 Å². The second-order valence-corrected chi connectivity index (χ2v) is 12.6. The Morgan fingerprint density at radius 3 is 2.36 bits per heavy atom. The minimum atomic E-state index is -0.0132. The van der Waals surface area contributed by atoms with E-state index in [4.69, 9.17) is 0 Å². The third-order valence-corrected chi connectivity index (χ3v) is 10.8. The normalized spacial score (nSPS) is 49.4. The molecule has 1 N–H and O–H groups in total. The lowest BCUT2D eigenvalue weighted by Crippen LogP contribution is -2.57. The fraction of sp³-hybridized carbons (Fsp3) is 1.00. The van der Waals surface area contributed by atoms with E-state index in [1.54, 1.807) is 0 Å². The van der Waals surface area contributed by atoms with Gasteiger partial charge in [0.25, 0.3) is 0 Å². The Kier molecular flexibility index (Phi) is 5.98. The monoisotopic (exact) mass is 388 g/mol. The van der Waals surface area contributed by atoms with Crippen molar-refractivity contribution in [3.8, 4) is 0 Å². The van der Waals surface area contributed by atoms with E-state index in [1.165, 1.54) is 70.6 Å². The third kappa shape index (κ3) is 3.40. The Labute approximate surface area is 175 Å². The highest BCUT2D eigenvalue weighted by atomic mass is 16.3. The number of rotatable bonds is 5. The molecule has 9 atom stereocenters. The zero-order valence-electron chi connectivity index (χ0n) is 19.6. The van der Waals surface area contributed by atoms with Crippen LogP contribution in [0.1, 0.15) is 112 Å². The summed E-state index contributed by atoms with van der Waals surface area (Å²) in [5.41, 5.74) is 1.03. The average Bonchev–Trinajstić information content (AvgIpc) is 2.99. The van der Waals surface area contributed by atoms with Crippen molar-refractivity contribution in [2.24, 2.45) is 52.3 Å². The van der Waals surface area contributed by atoms with Gasteiger partial charge in [0.1, 0.15) is 0 Å². The van der Waals surface area contributed by atoms with Crippen LogP contribution in [0.5, 0.6) is 0 Å². The Bertz CT molecular complexity index is 540. The first kappa shape index (κ1) is 21.2. The Morgan fingerprint density at radius 1 is 0.857 bits per heavy atom. The Hall–Kier alpha value is -0.0400. The second kappa shape index (κ2) is 7.90. The molecule has 4 saturated carbocycles. The van der Waals surface area contributed by atoms with Crippen LogP contribution in [0.2, 0.25) is 0 Å². The molecule has 0 saturated heterocycles. The van der Waals surface area contributed by atoms with Crippen LogP contribution in [-0.4, -0.2) is 11.2 Å². The summed E-state index contributed by atoms with van der Waals surface area (Å²) < 4.78 is 0. The lowest BCUT2D eigenvalue weighted by atomic mass is 9.44. The number of hydrogen-bond donors (Lipinski definition) is 1. The van der Waals surface area contributed by atoms with Crippen LogP contribution in [0.15, 0.2) is 0 Å². The van der Waals surface area contributed by atoms with Crippen molar-refractivity contribution in [2.75, 3.05) is 0 Å². The predicted octanol–water partition coefficient (Wildman–Crippen LogP) is 7.47. The summed E-state index contributed by atoms with van der Waals surface area (Å²) in [6.45, 7) is 12.6. The number of aliphatic hydroxyl groups excluding tert-OH is 1. The molecule has 0 aromatic rings. The molecule has 4 aliphatic rings. The Balaban J connectivity index is 1.50. The van der Waals surface area contributed by atoms with Crippen LogP contribution < -0.4 is 0 Å². The quantitative estimate of drug-likeness (QED) is 0.518. The molecule has 4 fully saturated rings. The fourth-order valence-corrected chi connectivity index (χ4v) is 9.28. The number of hydrogen-bond acceptors (Lipinski definition) is 1. The van der Waals surface area contributed by atoms with Crippen molar-refractivity contribution >= 4 is 0 Å². The van der Waals surface area contributed by atoms with E-state index in [-0.39, 0.29) is 6.10 Å². The molecule has 0 bridgehead atoms. The van der Waals surface area contributed by atoms with Crippen LogP contribution in [0, 0.1) is 52.3 Å². The fourth-order valence-electron chi connectivity index (χ4n) is 9.28. The van der Waals surface area contributed by atoms with E-state index in [9.17, 15) is 5.11 Å². The first-order valence-electron chi connectivity index (χ1n) is 13.0. The van der Waals surface area contributed by atoms with Gasteiger partial charge < -0.3 is 5.11 Å². The van der Waals surface area contributed by atoms with Crippen molar-refractivity contribution in [3.63, 3.8) is 0 Å². The summed E-state index contributed by atoms with van der Waals surface area (Å²) in [6, 6.07) is 0. The SMILES string of the molecule is CC(C)CCC[C@@H](C)C1CCC2C3C(CCC21C)C1(C)CCCC[C@@H]1C[C@H]3O. The molecule has 28 heavy (non-hydrogen) atoms. The molecule has 162 valence electrons. The largest absolute Gasteiger partial charge is 0.393 e. The molecule has 4 aliphatic carbocycles. The molecule has 0 heterocycles. The topological polar surface area (TPSA) is 20.2 Å². The molecule has 0 aromatic carbocycles. The summed E-state index contributed by atoms with van der Waals surface area (Å²) in [5.74, 6) is 5.60.